The number of hydrogen-bond acceptors (Lipinski definition) is 4. The number of benzene rings is 1. The van der Waals surface area contributed by atoms with Crippen molar-refractivity contribution in [1.29, 1.82) is 0 Å². The van der Waals surface area contributed by atoms with Gasteiger partial charge in [-0.2, -0.15) is 0 Å². The molecule has 0 amide bonds. The van der Waals surface area contributed by atoms with E-state index < -0.39 is 0 Å². The van der Waals surface area contributed by atoms with Crippen molar-refractivity contribution in [1.82, 2.24) is 5.32 Å². The van der Waals surface area contributed by atoms with Gasteiger partial charge in [-0.3, -0.25) is 0 Å². The molecule has 1 heterocycles. The molecule has 2 rings (SSSR count). The maximum atomic E-state index is 5.69. The second kappa shape index (κ2) is 6.28. The van der Waals surface area contributed by atoms with Crippen LogP contribution < -0.4 is 15.8 Å². The first kappa shape index (κ1) is 12.7. The highest BCUT2D eigenvalue weighted by atomic mass is 16.5. The van der Waals surface area contributed by atoms with Crippen LogP contribution in [0.15, 0.2) is 29.3 Å². The first-order chi connectivity index (χ1) is 8.79. The molecule has 0 bridgehead atoms. The Labute approximate surface area is 108 Å². The summed E-state index contributed by atoms with van der Waals surface area (Å²) >= 11 is 0. The fourth-order valence-corrected chi connectivity index (χ4v) is 1.98. The van der Waals surface area contributed by atoms with Crippen LogP contribution in [0.2, 0.25) is 0 Å². The molecular weight excluding hydrogens is 226 g/mol. The Morgan fingerprint density at radius 2 is 2.17 bits per heavy atom. The molecule has 4 nitrogen and oxygen atoms in total. The zero-order valence-electron chi connectivity index (χ0n) is 10.9. The van der Waals surface area contributed by atoms with E-state index in [1.165, 1.54) is 5.56 Å². The average Bonchev–Trinajstić information content (AvgIpc) is 2.40. The molecule has 1 aliphatic rings. The van der Waals surface area contributed by atoms with Gasteiger partial charge in [0.1, 0.15) is 5.75 Å². The van der Waals surface area contributed by atoms with Crippen LogP contribution in [-0.4, -0.2) is 19.1 Å². The van der Waals surface area contributed by atoms with Gasteiger partial charge in [-0.05, 0) is 30.5 Å². The molecule has 1 unspecified atom stereocenters. The first-order valence-electron chi connectivity index (χ1n) is 6.59. The van der Waals surface area contributed by atoms with Gasteiger partial charge in [-0.25, -0.2) is 4.99 Å². The lowest BCUT2D eigenvalue weighted by atomic mass is 10.0. The van der Waals surface area contributed by atoms with Gasteiger partial charge in [0.25, 0.3) is 0 Å². The van der Waals surface area contributed by atoms with Gasteiger partial charge in [-0.1, -0.05) is 25.5 Å². The zero-order chi connectivity index (χ0) is 12.8. The third kappa shape index (κ3) is 3.39. The lowest BCUT2D eigenvalue weighted by Gasteiger charge is -2.20. The molecule has 0 fully saturated rings. The van der Waals surface area contributed by atoms with E-state index >= 15 is 0 Å². The average molecular weight is 247 g/mol. The summed E-state index contributed by atoms with van der Waals surface area (Å²) in [7, 11) is 0. The molecule has 0 saturated carbocycles. The molecule has 4 heteroatoms. The van der Waals surface area contributed by atoms with E-state index in [1.807, 2.05) is 12.1 Å². The number of nitrogens with two attached hydrogens (primary N) is 1. The summed E-state index contributed by atoms with van der Waals surface area (Å²) in [4.78, 5) is 4.40. The minimum atomic E-state index is 0.177. The van der Waals surface area contributed by atoms with Gasteiger partial charge >= 0.3 is 0 Å². The zero-order valence-corrected chi connectivity index (χ0v) is 10.9. The third-order valence-electron chi connectivity index (χ3n) is 3.05. The van der Waals surface area contributed by atoms with E-state index in [1.54, 1.807) is 0 Å². The lowest BCUT2D eigenvalue weighted by Crippen LogP contribution is -2.36. The molecule has 1 aliphatic heterocycles. The van der Waals surface area contributed by atoms with Crippen LogP contribution >= 0.6 is 0 Å². The molecule has 1 atom stereocenters. The van der Waals surface area contributed by atoms with Crippen LogP contribution in [0.5, 0.6) is 5.75 Å². The Kier molecular flexibility index (Phi) is 4.45. The maximum absolute atomic E-state index is 5.69. The molecule has 0 aromatic heterocycles. The highest BCUT2D eigenvalue weighted by Crippen LogP contribution is 2.24. The van der Waals surface area contributed by atoms with Crippen LogP contribution in [0.25, 0.3) is 0 Å². The number of guanidine groups is 1. The predicted octanol–water partition coefficient (Wildman–Crippen LogP) is 2.21. The Bertz CT molecular complexity index is 400. The largest absolute Gasteiger partial charge is 0.494 e. The number of ether oxygens (including phenoxy) is 1. The summed E-state index contributed by atoms with van der Waals surface area (Å²) in [6.07, 6.45) is 3.23. The Balaban J connectivity index is 1.96. The van der Waals surface area contributed by atoms with Crippen LogP contribution in [0.3, 0.4) is 0 Å². The maximum Gasteiger partial charge on any atom is 0.189 e. The number of aliphatic imine (C=N–C) groups is 1. The number of rotatable bonds is 5. The van der Waals surface area contributed by atoms with E-state index in [0.29, 0.717) is 5.96 Å². The summed E-state index contributed by atoms with van der Waals surface area (Å²) in [6.45, 7) is 3.83. The minimum Gasteiger partial charge on any atom is -0.494 e. The first-order valence-corrected chi connectivity index (χ1v) is 6.59. The third-order valence-corrected chi connectivity index (χ3v) is 3.05. The van der Waals surface area contributed by atoms with Crippen molar-refractivity contribution in [2.24, 2.45) is 10.7 Å². The Morgan fingerprint density at radius 1 is 1.39 bits per heavy atom. The second-order valence-electron chi connectivity index (χ2n) is 4.52. The second-order valence-corrected chi connectivity index (χ2v) is 4.52. The standard InChI is InChI=1S/C14H21N3O/c1-2-3-10-18-12-6-4-11(5-7-12)13-8-9-16-14(15)17-13/h4-7,13H,2-3,8-10H2,1H3,(H3,15,16,17). The molecule has 0 spiro atoms. The predicted molar refractivity (Wildman–Crippen MR) is 73.8 cm³/mol. The molecule has 1 aromatic rings. The fraction of sp³-hybridized carbons (Fsp3) is 0.500. The van der Waals surface area contributed by atoms with Crippen molar-refractivity contribution in [3.8, 4) is 5.75 Å². The number of unbranched alkanes of at least 4 members (excludes halogenated alkanes) is 1. The van der Waals surface area contributed by atoms with Crippen molar-refractivity contribution < 1.29 is 4.74 Å². The highest BCUT2D eigenvalue weighted by molar-refractivity contribution is 5.78. The number of nitrogens with zero attached hydrogens (tertiary/aromatic N) is 1. The van der Waals surface area contributed by atoms with Crippen molar-refractivity contribution >= 4 is 5.96 Å². The van der Waals surface area contributed by atoms with Gasteiger partial charge in [-0.15, -0.1) is 0 Å². The Morgan fingerprint density at radius 3 is 2.83 bits per heavy atom. The molecule has 0 aliphatic carbocycles. The lowest BCUT2D eigenvalue weighted by molar-refractivity contribution is 0.309. The van der Waals surface area contributed by atoms with Gasteiger partial charge in [0, 0.05) is 6.54 Å². The number of nitrogens with one attached hydrogen (secondary N) is 1. The number of hydrogen-bond donors (Lipinski definition) is 2. The van der Waals surface area contributed by atoms with E-state index in [0.717, 1.165) is 38.2 Å². The van der Waals surface area contributed by atoms with E-state index in [2.05, 4.69) is 29.4 Å². The van der Waals surface area contributed by atoms with Gasteiger partial charge in [0.15, 0.2) is 5.96 Å². The molecule has 3 N–H and O–H groups in total. The van der Waals surface area contributed by atoms with Crippen molar-refractivity contribution in [3.63, 3.8) is 0 Å². The van der Waals surface area contributed by atoms with Gasteiger partial charge in [0.05, 0.1) is 12.6 Å². The SMILES string of the molecule is CCCCOc1ccc(C2CCNC(N)=N2)cc1. The van der Waals surface area contributed by atoms with Gasteiger partial charge < -0.3 is 15.8 Å². The van der Waals surface area contributed by atoms with Crippen molar-refractivity contribution in [3.05, 3.63) is 29.8 Å². The molecule has 1 aromatic carbocycles. The molecule has 0 saturated heterocycles. The van der Waals surface area contributed by atoms with Crippen LogP contribution in [0, 0.1) is 0 Å². The summed E-state index contributed by atoms with van der Waals surface area (Å²) < 4.78 is 5.64. The van der Waals surface area contributed by atoms with Crippen LogP contribution in [-0.2, 0) is 0 Å². The van der Waals surface area contributed by atoms with E-state index in [9.17, 15) is 0 Å². The summed E-state index contributed by atoms with van der Waals surface area (Å²) in [6, 6.07) is 8.36. The summed E-state index contributed by atoms with van der Waals surface area (Å²) in [5.74, 6) is 1.47. The smallest absolute Gasteiger partial charge is 0.189 e. The Hall–Kier alpha value is -1.71. The summed E-state index contributed by atoms with van der Waals surface area (Å²) in [5.41, 5.74) is 6.88. The fourth-order valence-electron chi connectivity index (χ4n) is 1.98. The monoisotopic (exact) mass is 247 g/mol. The molecule has 0 radical (unpaired) electrons. The summed E-state index contributed by atoms with van der Waals surface area (Å²) in [5, 5.41) is 3.03. The van der Waals surface area contributed by atoms with E-state index in [4.69, 9.17) is 10.5 Å². The van der Waals surface area contributed by atoms with Gasteiger partial charge in [0.2, 0.25) is 0 Å². The minimum absolute atomic E-state index is 0.177. The molecular formula is C14H21N3O. The van der Waals surface area contributed by atoms with E-state index in [-0.39, 0.29) is 6.04 Å². The molecule has 18 heavy (non-hydrogen) atoms. The highest BCUT2D eigenvalue weighted by Gasteiger charge is 2.14. The molecule has 98 valence electrons. The topological polar surface area (TPSA) is 59.6 Å². The van der Waals surface area contributed by atoms with Crippen LogP contribution in [0.4, 0.5) is 0 Å². The normalized spacial score (nSPS) is 18.9. The quantitative estimate of drug-likeness (QED) is 0.784. The van der Waals surface area contributed by atoms with Crippen molar-refractivity contribution in [2.75, 3.05) is 13.2 Å². The van der Waals surface area contributed by atoms with Crippen LogP contribution in [0.1, 0.15) is 37.8 Å². The van der Waals surface area contributed by atoms with Crippen molar-refractivity contribution in [2.45, 2.75) is 32.2 Å².